The number of oxime groups is 2. The zero-order valence-electron chi connectivity index (χ0n) is 13.3. The van der Waals surface area contributed by atoms with Gasteiger partial charge in [-0.25, -0.2) is 0 Å². The van der Waals surface area contributed by atoms with Crippen LogP contribution in [0.25, 0.3) is 0 Å². The van der Waals surface area contributed by atoms with E-state index in [4.69, 9.17) is 9.68 Å². The summed E-state index contributed by atoms with van der Waals surface area (Å²) in [6.07, 6.45) is 2.86. The van der Waals surface area contributed by atoms with Crippen molar-refractivity contribution in [1.29, 1.82) is 0 Å². The van der Waals surface area contributed by atoms with Crippen molar-refractivity contribution in [2.75, 3.05) is 13.2 Å². The molecule has 0 aromatic carbocycles. The van der Waals surface area contributed by atoms with Crippen LogP contribution in [-0.4, -0.2) is 36.6 Å². The van der Waals surface area contributed by atoms with E-state index in [1.165, 1.54) is 0 Å². The molecule has 0 radical (unpaired) electrons. The van der Waals surface area contributed by atoms with Crippen molar-refractivity contribution in [3.05, 3.63) is 12.7 Å². The molecule has 0 spiro atoms. The Balaban J connectivity index is 2.43. The Labute approximate surface area is 126 Å². The van der Waals surface area contributed by atoms with Crippen LogP contribution in [0.5, 0.6) is 0 Å². The summed E-state index contributed by atoms with van der Waals surface area (Å²) in [5, 5.41) is 10.6. The lowest BCUT2D eigenvalue weighted by Crippen LogP contribution is -2.35. The zero-order valence-corrected chi connectivity index (χ0v) is 13.3. The van der Waals surface area contributed by atoms with Crippen LogP contribution in [-0.2, 0) is 14.5 Å². The van der Waals surface area contributed by atoms with Crippen molar-refractivity contribution < 1.29 is 14.5 Å². The maximum atomic E-state index is 12.0. The fraction of sp³-hybridized carbons (Fsp3) is 0.667. The second kappa shape index (κ2) is 7.81. The summed E-state index contributed by atoms with van der Waals surface area (Å²) >= 11 is 0. The van der Waals surface area contributed by atoms with Gasteiger partial charge in [0.15, 0.2) is 0 Å². The first-order valence-electron chi connectivity index (χ1n) is 7.18. The largest absolute Gasteiger partial charge is 0.392 e. The van der Waals surface area contributed by atoms with Crippen molar-refractivity contribution in [3.63, 3.8) is 0 Å². The lowest BCUT2D eigenvalue weighted by atomic mass is 9.86. The second-order valence-electron chi connectivity index (χ2n) is 5.98. The third-order valence-corrected chi connectivity index (χ3v) is 3.11. The molecule has 1 N–H and O–H groups in total. The SMILES string of the molecule is C=CCO/N=C(\CC)C(=O)NCC1=NOC(C(C)(C)C)C1. The summed E-state index contributed by atoms with van der Waals surface area (Å²) in [4.78, 5) is 22.3. The van der Waals surface area contributed by atoms with Gasteiger partial charge in [-0.15, -0.1) is 0 Å². The van der Waals surface area contributed by atoms with E-state index in [1.807, 2.05) is 6.92 Å². The Morgan fingerprint density at radius 2 is 2.33 bits per heavy atom. The quantitative estimate of drug-likeness (QED) is 0.339. The Morgan fingerprint density at radius 3 is 2.86 bits per heavy atom. The van der Waals surface area contributed by atoms with E-state index < -0.39 is 0 Å². The third kappa shape index (κ3) is 5.57. The first-order valence-corrected chi connectivity index (χ1v) is 7.18. The molecule has 1 heterocycles. The molecular formula is C15H25N3O3. The number of nitrogens with one attached hydrogen (secondary N) is 1. The molecular weight excluding hydrogens is 270 g/mol. The molecule has 6 heteroatoms. The van der Waals surface area contributed by atoms with Gasteiger partial charge in [0, 0.05) is 11.8 Å². The molecule has 0 aliphatic carbocycles. The number of hydrogen-bond acceptors (Lipinski definition) is 5. The minimum Gasteiger partial charge on any atom is -0.392 e. The number of amides is 1. The number of carbonyl (C=O) groups is 1. The molecule has 1 unspecified atom stereocenters. The van der Waals surface area contributed by atoms with Crippen molar-refractivity contribution in [2.45, 2.75) is 46.6 Å². The van der Waals surface area contributed by atoms with E-state index in [0.29, 0.717) is 18.7 Å². The van der Waals surface area contributed by atoms with Gasteiger partial charge in [-0.05, 0) is 6.42 Å². The zero-order chi connectivity index (χ0) is 15.9. The number of rotatable bonds is 7. The fourth-order valence-electron chi connectivity index (χ4n) is 1.71. The van der Waals surface area contributed by atoms with Gasteiger partial charge in [0.25, 0.3) is 5.91 Å². The normalized spacial score (nSPS) is 18.8. The molecule has 118 valence electrons. The summed E-state index contributed by atoms with van der Waals surface area (Å²) in [5.74, 6) is -0.247. The number of carbonyl (C=O) groups excluding carboxylic acids is 1. The third-order valence-electron chi connectivity index (χ3n) is 3.11. The van der Waals surface area contributed by atoms with Crippen LogP contribution in [0.2, 0.25) is 0 Å². The Hall–Kier alpha value is -1.85. The molecule has 1 aliphatic rings. The molecule has 0 fully saturated rings. The molecule has 0 aromatic heterocycles. The van der Waals surface area contributed by atoms with E-state index in [0.717, 1.165) is 12.1 Å². The maximum Gasteiger partial charge on any atom is 0.269 e. The Bertz CT molecular complexity index is 436. The van der Waals surface area contributed by atoms with Crippen LogP contribution in [0.4, 0.5) is 0 Å². The first kappa shape index (κ1) is 17.2. The Kier molecular flexibility index (Phi) is 6.39. The van der Waals surface area contributed by atoms with E-state index in [9.17, 15) is 4.79 Å². The van der Waals surface area contributed by atoms with Gasteiger partial charge < -0.3 is 15.0 Å². The van der Waals surface area contributed by atoms with Crippen LogP contribution in [0, 0.1) is 5.41 Å². The van der Waals surface area contributed by atoms with Crippen molar-refractivity contribution in [1.82, 2.24) is 5.32 Å². The average Bonchev–Trinajstić information content (AvgIpc) is 2.90. The van der Waals surface area contributed by atoms with Crippen molar-refractivity contribution in [2.24, 2.45) is 15.7 Å². The first-order chi connectivity index (χ1) is 9.88. The maximum absolute atomic E-state index is 12.0. The standard InChI is InChI=1S/C15H25N3O3/c1-6-8-20-18-12(7-2)14(19)16-10-11-9-13(21-17-11)15(3,4)5/h6,13H,1,7-10H2,2-5H3,(H,16,19)/b18-12+. The highest BCUT2D eigenvalue weighted by atomic mass is 16.6. The summed E-state index contributed by atoms with van der Waals surface area (Å²) in [7, 11) is 0. The molecule has 21 heavy (non-hydrogen) atoms. The van der Waals surface area contributed by atoms with Gasteiger partial charge in [0.05, 0.1) is 12.3 Å². The summed E-state index contributed by atoms with van der Waals surface area (Å²) in [6, 6.07) is 0. The van der Waals surface area contributed by atoms with Crippen LogP contribution in [0.15, 0.2) is 23.0 Å². The number of nitrogens with zero attached hydrogens (tertiary/aromatic N) is 2. The Morgan fingerprint density at radius 1 is 1.62 bits per heavy atom. The fourth-order valence-corrected chi connectivity index (χ4v) is 1.71. The van der Waals surface area contributed by atoms with Gasteiger partial charge in [-0.2, -0.15) is 0 Å². The molecule has 1 atom stereocenters. The van der Waals surface area contributed by atoms with E-state index >= 15 is 0 Å². The molecule has 0 bridgehead atoms. The van der Waals surface area contributed by atoms with E-state index in [2.05, 4.69) is 43.0 Å². The highest BCUT2D eigenvalue weighted by molar-refractivity contribution is 6.38. The smallest absolute Gasteiger partial charge is 0.269 e. The van der Waals surface area contributed by atoms with E-state index in [-0.39, 0.29) is 24.0 Å². The van der Waals surface area contributed by atoms with Gasteiger partial charge in [-0.3, -0.25) is 4.79 Å². The molecule has 0 aromatic rings. The van der Waals surface area contributed by atoms with Crippen LogP contribution < -0.4 is 5.32 Å². The van der Waals surface area contributed by atoms with Gasteiger partial charge in [0.2, 0.25) is 0 Å². The minimum atomic E-state index is -0.247. The minimum absolute atomic E-state index is 0.0316. The van der Waals surface area contributed by atoms with E-state index in [1.54, 1.807) is 6.08 Å². The molecule has 0 saturated heterocycles. The monoisotopic (exact) mass is 295 g/mol. The van der Waals surface area contributed by atoms with Crippen LogP contribution >= 0.6 is 0 Å². The molecule has 0 saturated carbocycles. The summed E-state index contributed by atoms with van der Waals surface area (Å²) in [5.41, 5.74) is 1.22. The lowest BCUT2D eigenvalue weighted by molar-refractivity contribution is -0.114. The summed E-state index contributed by atoms with van der Waals surface area (Å²) < 4.78 is 0. The molecule has 1 aliphatic heterocycles. The van der Waals surface area contributed by atoms with Gasteiger partial charge >= 0.3 is 0 Å². The predicted octanol–water partition coefficient (Wildman–Crippen LogP) is 2.26. The van der Waals surface area contributed by atoms with Gasteiger partial charge in [0.1, 0.15) is 18.4 Å². The molecule has 6 nitrogen and oxygen atoms in total. The molecule has 1 amide bonds. The topological polar surface area (TPSA) is 72.3 Å². The lowest BCUT2D eigenvalue weighted by Gasteiger charge is -2.23. The average molecular weight is 295 g/mol. The highest BCUT2D eigenvalue weighted by Gasteiger charge is 2.32. The van der Waals surface area contributed by atoms with Crippen molar-refractivity contribution in [3.8, 4) is 0 Å². The second-order valence-corrected chi connectivity index (χ2v) is 5.98. The van der Waals surface area contributed by atoms with Crippen LogP contribution in [0.1, 0.15) is 40.5 Å². The number of hydrogen-bond donors (Lipinski definition) is 1. The highest BCUT2D eigenvalue weighted by Crippen LogP contribution is 2.28. The van der Waals surface area contributed by atoms with Crippen molar-refractivity contribution >= 4 is 17.3 Å². The molecule has 1 rings (SSSR count). The van der Waals surface area contributed by atoms with Crippen LogP contribution in [0.3, 0.4) is 0 Å². The van der Waals surface area contributed by atoms with Gasteiger partial charge in [-0.1, -0.05) is 50.7 Å². The predicted molar refractivity (Wildman–Crippen MR) is 83.3 cm³/mol. The summed E-state index contributed by atoms with van der Waals surface area (Å²) in [6.45, 7) is 12.3.